The zero-order valence-electron chi connectivity index (χ0n) is 15.4. The van der Waals surface area contributed by atoms with Crippen molar-refractivity contribution in [3.63, 3.8) is 0 Å². The third-order valence-electron chi connectivity index (χ3n) is 4.38. The molecule has 25 heavy (non-hydrogen) atoms. The molecule has 0 saturated heterocycles. The van der Waals surface area contributed by atoms with Crippen LogP contribution in [0.5, 0.6) is 5.75 Å². The Morgan fingerprint density at radius 2 is 2.00 bits per heavy atom. The van der Waals surface area contributed by atoms with Gasteiger partial charge in [0, 0.05) is 12.6 Å². The molecule has 2 N–H and O–H groups in total. The van der Waals surface area contributed by atoms with Gasteiger partial charge >= 0.3 is 5.97 Å². The van der Waals surface area contributed by atoms with Crippen molar-refractivity contribution in [2.75, 3.05) is 20.8 Å². The van der Waals surface area contributed by atoms with Gasteiger partial charge in [-0.1, -0.05) is 25.3 Å². The second-order valence-electron chi connectivity index (χ2n) is 6.20. The van der Waals surface area contributed by atoms with Crippen LogP contribution in [0.25, 0.3) is 0 Å². The van der Waals surface area contributed by atoms with Crippen molar-refractivity contribution < 1.29 is 14.3 Å². The van der Waals surface area contributed by atoms with Crippen molar-refractivity contribution in [1.82, 2.24) is 10.6 Å². The van der Waals surface area contributed by atoms with Gasteiger partial charge in [-0.25, -0.2) is 9.79 Å². The Bertz CT molecular complexity index is 596. The number of esters is 1. The van der Waals surface area contributed by atoms with E-state index in [-0.39, 0.29) is 0 Å². The average Bonchev–Trinajstić information content (AvgIpc) is 2.66. The molecule has 0 heterocycles. The van der Waals surface area contributed by atoms with Gasteiger partial charge in [-0.2, -0.15) is 0 Å². The minimum absolute atomic E-state index is 0.407. The first-order valence-electron chi connectivity index (χ1n) is 8.98. The SMILES string of the molecule is CCNC(=NCc1ccc(OC)c(C(=O)OC)c1)NC1CCCCC1. The minimum Gasteiger partial charge on any atom is -0.496 e. The fraction of sp³-hybridized carbons (Fsp3) is 0.579. The van der Waals surface area contributed by atoms with E-state index >= 15 is 0 Å². The van der Waals surface area contributed by atoms with Crippen molar-refractivity contribution in [1.29, 1.82) is 0 Å². The predicted molar refractivity (Wildman–Crippen MR) is 99.2 cm³/mol. The van der Waals surface area contributed by atoms with E-state index in [1.165, 1.54) is 46.3 Å². The van der Waals surface area contributed by atoms with Crippen LogP contribution in [-0.4, -0.2) is 38.7 Å². The van der Waals surface area contributed by atoms with Gasteiger partial charge in [0.1, 0.15) is 11.3 Å². The molecule has 6 heteroatoms. The number of guanidine groups is 1. The summed E-state index contributed by atoms with van der Waals surface area (Å²) in [5.41, 5.74) is 1.35. The molecule has 0 spiro atoms. The van der Waals surface area contributed by atoms with E-state index in [1.807, 2.05) is 6.07 Å². The van der Waals surface area contributed by atoms with E-state index in [0.29, 0.717) is 23.9 Å². The molecule has 0 aliphatic heterocycles. The molecule has 6 nitrogen and oxygen atoms in total. The molecule has 1 aromatic carbocycles. The number of ether oxygens (including phenoxy) is 2. The van der Waals surface area contributed by atoms with Crippen LogP contribution in [0.4, 0.5) is 0 Å². The maximum Gasteiger partial charge on any atom is 0.341 e. The zero-order valence-corrected chi connectivity index (χ0v) is 15.4. The summed E-state index contributed by atoms with van der Waals surface area (Å²) in [7, 11) is 2.90. The summed E-state index contributed by atoms with van der Waals surface area (Å²) >= 11 is 0. The van der Waals surface area contributed by atoms with E-state index in [2.05, 4.69) is 22.5 Å². The van der Waals surface area contributed by atoms with Crippen LogP contribution >= 0.6 is 0 Å². The van der Waals surface area contributed by atoms with Gasteiger partial charge in [0.15, 0.2) is 5.96 Å². The molecule has 2 rings (SSSR count). The van der Waals surface area contributed by atoms with Crippen LogP contribution in [0.2, 0.25) is 0 Å². The number of carbonyl (C=O) groups is 1. The molecule has 0 radical (unpaired) electrons. The first kappa shape index (κ1) is 19.1. The van der Waals surface area contributed by atoms with Crippen LogP contribution in [0.3, 0.4) is 0 Å². The van der Waals surface area contributed by atoms with E-state index in [4.69, 9.17) is 9.47 Å². The van der Waals surface area contributed by atoms with E-state index in [9.17, 15) is 4.79 Å². The second kappa shape index (κ2) is 9.91. The number of carbonyl (C=O) groups excluding carboxylic acids is 1. The number of hydrogen-bond acceptors (Lipinski definition) is 4. The molecule has 1 saturated carbocycles. The standard InChI is InChI=1S/C19H29N3O3/c1-4-20-19(22-15-8-6-5-7-9-15)21-13-14-10-11-17(24-2)16(12-14)18(23)25-3/h10-12,15H,4-9,13H2,1-3H3,(H2,20,21,22). The Balaban J connectivity index is 2.09. The Morgan fingerprint density at radius 3 is 2.64 bits per heavy atom. The van der Waals surface area contributed by atoms with E-state index < -0.39 is 5.97 Å². The fourth-order valence-corrected chi connectivity index (χ4v) is 3.05. The van der Waals surface area contributed by atoms with Gasteiger partial charge < -0.3 is 20.1 Å². The highest BCUT2D eigenvalue weighted by Crippen LogP contribution is 2.21. The van der Waals surface area contributed by atoms with Crippen molar-refractivity contribution in [3.05, 3.63) is 29.3 Å². The third-order valence-corrected chi connectivity index (χ3v) is 4.38. The summed E-state index contributed by atoms with van der Waals surface area (Å²) in [5, 5.41) is 6.81. The first-order chi connectivity index (χ1) is 12.2. The quantitative estimate of drug-likeness (QED) is 0.470. The Morgan fingerprint density at radius 1 is 1.24 bits per heavy atom. The number of benzene rings is 1. The zero-order chi connectivity index (χ0) is 18.1. The van der Waals surface area contributed by atoms with Crippen LogP contribution in [0.1, 0.15) is 54.9 Å². The molecule has 0 atom stereocenters. The van der Waals surface area contributed by atoms with Crippen molar-refractivity contribution in [2.24, 2.45) is 4.99 Å². The molecular formula is C19H29N3O3. The van der Waals surface area contributed by atoms with E-state index in [0.717, 1.165) is 18.1 Å². The monoisotopic (exact) mass is 347 g/mol. The van der Waals surface area contributed by atoms with Crippen LogP contribution in [0.15, 0.2) is 23.2 Å². The Hall–Kier alpha value is -2.24. The van der Waals surface area contributed by atoms with Gasteiger partial charge in [0.2, 0.25) is 0 Å². The van der Waals surface area contributed by atoms with Gasteiger partial charge in [0.25, 0.3) is 0 Å². The highest BCUT2D eigenvalue weighted by Gasteiger charge is 2.15. The van der Waals surface area contributed by atoms with E-state index in [1.54, 1.807) is 12.1 Å². The highest BCUT2D eigenvalue weighted by molar-refractivity contribution is 5.92. The predicted octanol–water partition coefficient (Wildman–Crippen LogP) is 2.87. The van der Waals surface area contributed by atoms with Crippen molar-refractivity contribution >= 4 is 11.9 Å². The summed E-state index contributed by atoms with van der Waals surface area (Å²) in [6, 6.07) is 5.96. The van der Waals surface area contributed by atoms with Crippen LogP contribution < -0.4 is 15.4 Å². The summed E-state index contributed by atoms with van der Waals surface area (Å²) in [6.07, 6.45) is 6.27. The summed E-state index contributed by atoms with van der Waals surface area (Å²) in [4.78, 5) is 16.5. The molecule has 1 aliphatic rings. The van der Waals surface area contributed by atoms with Crippen molar-refractivity contribution in [3.8, 4) is 5.75 Å². The molecule has 0 aromatic heterocycles. The van der Waals surface area contributed by atoms with Gasteiger partial charge in [-0.05, 0) is 37.5 Å². The summed E-state index contributed by atoms with van der Waals surface area (Å²) < 4.78 is 10.0. The number of aliphatic imine (C=N–C) groups is 1. The smallest absolute Gasteiger partial charge is 0.341 e. The van der Waals surface area contributed by atoms with Gasteiger partial charge in [-0.15, -0.1) is 0 Å². The molecule has 0 unspecified atom stereocenters. The number of nitrogens with zero attached hydrogens (tertiary/aromatic N) is 1. The molecule has 0 amide bonds. The van der Waals surface area contributed by atoms with Gasteiger partial charge in [-0.3, -0.25) is 0 Å². The average molecular weight is 347 g/mol. The lowest BCUT2D eigenvalue weighted by Crippen LogP contribution is -2.44. The summed E-state index contributed by atoms with van der Waals surface area (Å²) in [5.74, 6) is 0.923. The first-order valence-corrected chi connectivity index (χ1v) is 8.98. The second-order valence-corrected chi connectivity index (χ2v) is 6.20. The molecule has 1 aliphatic carbocycles. The number of methoxy groups -OCH3 is 2. The third kappa shape index (κ3) is 5.66. The lowest BCUT2D eigenvalue weighted by Gasteiger charge is -2.24. The number of hydrogen-bond donors (Lipinski definition) is 2. The fourth-order valence-electron chi connectivity index (χ4n) is 3.05. The van der Waals surface area contributed by atoms with Crippen LogP contribution in [0, 0.1) is 0 Å². The molecule has 1 fully saturated rings. The molecule has 138 valence electrons. The van der Waals surface area contributed by atoms with Crippen LogP contribution in [-0.2, 0) is 11.3 Å². The lowest BCUT2D eigenvalue weighted by molar-refractivity contribution is 0.0597. The molecular weight excluding hydrogens is 318 g/mol. The maximum atomic E-state index is 11.9. The molecule has 1 aromatic rings. The van der Waals surface area contributed by atoms with Gasteiger partial charge in [0.05, 0.1) is 20.8 Å². The lowest BCUT2D eigenvalue weighted by atomic mass is 9.96. The van der Waals surface area contributed by atoms with Crippen molar-refractivity contribution in [2.45, 2.75) is 51.6 Å². The number of rotatable bonds is 6. The minimum atomic E-state index is -0.407. The maximum absolute atomic E-state index is 11.9. The number of nitrogens with one attached hydrogen (secondary N) is 2. The largest absolute Gasteiger partial charge is 0.496 e. The summed E-state index contributed by atoms with van der Waals surface area (Å²) in [6.45, 7) is 3.35. The Kier molecular flexibility index (Phi) is 7.57. The molecule has 0 bridgehead atoms. The topological polar surface area (TPSA) is 72.0 Å². The normalized spacial score (nSPS) is 15.6. The highest BCUT2D eigenvalue weighted by atomic mass is 16.5. The Labute approximate surface area is 150 Å².